The van der Waals surface area contributed by atoms with Gasteiger partial charge in [0.1, 0.15) is 5.41 Å². The molecule has 0 unspecified atom stereocenters. The van der Waals surface area contributed by atoms with E-state index in [-0.39, 0.29) is 24.2 Å². The number of carbonyl (C=O) groups excluding carboxylic acids is 2. The van der Waals surface area contributed by atoms with Crippen molar-refractivity contribution in [2.75, 3.05) is 5.32 Å². The number of hydrogen-bond acceptors (Lipinski definition) is 2. The lowest BCUT2D eigenvalue weighted by atomic mass is 9.59. The molecule has 3 atom stereocenters. The molecule has 2 amide bonds. The first kappa shape index (κ1) is 21.0. The highest BCUT2D eigenvalue weighted by Gasteiger charge is 2.61. The SMILES string of the molecule is C=C(CC(C)C)[C@H]1NC(=O)C[C@@H](c2cccc(Cl)c2)[C@]12C(=O)Nc1cc(Cl)ccc12. The Balaban J connectivity index is 1.97. The van der Waals surface area contributed by atoms with Crippen LogP contribution in [-0.2, 0) is 15.0 Å². The van der Waals surface area contributed by atoms with Crippen molar-refractivity contribution in [2.45, 2.75) is 44.1 Å². The monoisotopic (exact) mass is 442 g/mol. The number of carbonyl (C=O) groups is 2. The number of halogens is 2. The summed E-state index contributed by atoms with van der Waals surface area (Å²) in [6.07, 6.45) is 0.881. The first-order valence-electron chi connectivity index (χ1n) is 10.1. The van der Waals surface area contributed by atoms with Crippen molar-refractivity contribution in [3.8, 4) is 0 Å². The first-order valence-corrected chi connectivity index (χ1v) is 10.8. The van der Waals surface area contributed by atoms with E-state index >= 15 is 0 Å². The number of fused-ring (bicyclic) bond motifs is 2. The lowest BCUT2D eigenvalue weighted by Gasteiger charge is -2.47. The van der Waals surface area contributed by atoms with E-state index in [0.717, 1.165) is 16.7 Å². The number of nitrogens with one attached hydrogen (secondary N) is 2. The lowest BCUT2D eigenvalue weighted by molar-refractivity contribution is -0.130. The van der Waals surface area contributed by atoms with Crippen LogP contribution in [0.3, 0.4) is 0 Å². The van der Waals surface area contributed by atoms with E-state index in [1.807, 2.05) is 24.3 Å². The standard InChI is InChI=1S/C24H24Cl2N2O2/c1-13(2)9-14(3)22-24(18-8-7-17(26)11-20(18)27-23(24)30)19(12-21(29)28-22)15-5-4-6-16(25)10-15/h4-8,10-11,13,19,22H,3,9,12H2,1-2H3,(H,27,30)(H,28,29)/t19-,22+,24-/m0/s1. The fourth-order valence-electron chi connectivity index (χ4n) is 5.01. The third kappa shape index (κ3) is 3.32. The van der Waals surface area contributed by atoms with Gasteiger partial charge in [0.05, 0.1) is 6.04 Å². The van der Waals surface area contributed by atoms with Gasteiger partial charge in [0.25, 0.3) is 0 Å². The van der Waals surface area contributed by atoms with E-state index < -0.39 is 11.5 Å². The molecule has 0 aliphatic carbocycles. The van der Waals surface area contributed by atoms with Crippen molar-refractivity contribution < 1.29 is 9.59 Å². The highest BCUT2D eigenvalue weighted by atomic mass is 35.5. The zero-order valence-corrected chi connectivity index (χ0v) is 18.5. The van der Waals surface area contributed by atoms with Crippen molar-refractivity contribution in [3.05, 3.63) is 75.8 Å². The number of rotatable bonds is 4. The van der Waals surface area contributed by atoms with Crippen LogP contribution in [0, 0.1) is 5.92 Å². The van der Waals surface area contributed by atoms with Crippen LogP contribution in [0.2, 0.25) is 10.0 Å². The molecule has 2 heterocycles. The van der Waals surface area contributed by atoms with E-state index in [9.17, 15) is 9.59 Å². The quantitative estimate of drug-likeness (QED) is 0.617. The summed E-state index contributed by atoms with van der Waals surface area (Å²) in [4.78, 5) is 26.5. The van der Waals surface area contributed by atoms with Crippen LogP contribution in [0.5, 0.6) is 0 Å². The molecule has 1 fully saturated rings. The summed E-state index contributed by atoms with van der Waals surface area (Å²) in [7, 11) is 0. The largest absolute Gasteiger partial charge is 0.348 e. The number of anilines is 1. The molecular formula is C24H24Cl2N2O2. The topological polar surface area (TPSA) is 58.2 Å². The summed E-state index contributed by atoms with van der Waals surface area (Å²) < 4.78 is 0. The third-order valence-corrected chi connectivity index (χ3v) is 6.55. The number of hydrogen-bond donors (Lipinski definition) is 2. The fraction of sp³-hybridized carbons (Fsp3) is 0.333. The predicted octanol–water partition coefficient (Wildman–Crippen LogP) is 5.46. The molecule has 0 bridgehead atoms. The molecule has 6 heteroatoms. The van der Waals surface area contributed by atoms with Gasteiger partial charge in [0.15, 0.2) is 0 Å². The smallest absolute Gasteiger partial charge is 0.238 e. The van der Waals surface area contributed by atoms with Gasteiger partial charge >= 0.3 is 0 Å². The van der Waals surface area contributed by atoms with Crippen LogP contribution in [0.1, 0.15) is 43.7 Å². The van der Waals surface area contributed by atoms with Crippen LogP contribution >= 0.6 is 23.2 Å². The van der Waals surface area contributed by atoms with Gasteiger partial charge in [-0.3, -0.25) is 9.59 Å². The second-order valence-corrected chi connectivity index (χ2v) is 9.45. The van der Waals surface area contributed by atoms with Crippen molar-refractivity contribution in [1.82, 2.24) is 5.32 Å². The molecule has 0 radical (unpaired) electrons. The van der Waals surface area contributed by atoms with Crippen LogP contribution in [0.4, 0.5) is 5.69 Å². The third-order valence-electron chi connectivity index (χ3n) is 6.08. The second kappa shape index (κ2) is 7.75. The van der Waals surface area contributed by atoms with Crippen molar-refractivity contribution >= 4 is 40.7 Å². The number of amides is 2. The number of piperidine rings is 1. The zero-order valence-electron chi connectivity index (χ0n) is 17.0. The molecule has 0 saturated carbocycles. The molecule has 2 N–H and O–H groups in total. The zero-order chi connectivity index (χ0) is 21.6. The Morgan fingerprint density at radius 2 is 1.90 bits per heavy atom. The minimum atomic E-state index is -1.02. The highest BCUT2D eigenvalue weighted by Crippen LogP contribution is 2.54. The second-order valence-electron chi connectivity index (χ2n) is 8.58. The Labute approximate surface area is 186 Å². The molecule has 1 saturated heterocycles. The Hall–Kier alpha value is -2.30. The minimum absolute atomic E-state index is 0.101. The molecule has 4 nitrogen and oxygen atoms in total. The van der Waals surface area contributed by atoms with Crippen LogP contribution in [0.25, 0.3) is 0 Å². The summed E-state index contributed by atoms with van der Waals surface area (Å²) in [5, 5.41) is 7.22. The Kier molecular flexibility index (Phi) is 5.41. The molecule has 4 rings (SSSR count). The molecule has 2 aliphatic heterocycles. The molecule has 0 aromatic heterocycles. The molecule has 2 aromatic carbocycles. The van der Waals surface area contributed by atoms with Gasteiger partial charge in [0.2, 0.25) is 11.8 Å². The van der Waals surface area contributed by atoms with Gasteiger partial charge in [-0.25, -0.2) is 0 Å². The van der Waals surface area contributed by atoms with Crippen molar-refractivity contribution in [3.63, 3.8) is 0 Å². The van der Waals surface area contributed by atoms with E-state index in [1.54, 1.807) is 18.2 Å². The first-order chi connectivity index (χ1) is 14.2. The van der Waals surface area contributed by atoms with Gasteiger partial charge in [-0.2, -0.15) is 0 Å². The minimum Gasteiger partial charge on any atom is -0.348 e. The van der Waals surface area contributed by atoms with Crippen LogP contribution < -0.4 is 10.6 Å². The van der Waals surface area contributed by atoms with Gasteiger partial charge in [-0.15, -0.1) is 0 Å². The normalized spacial score (nSPS) is 25.2. The average molecular weight is 443 g/mol. The highest BCUT2D eigenvalue weighted by molar-refractivity contribution is 6.31. The predicted molar refractivity (Wildman–Crippen MR) is 121 cm³/mol. The summed E-state index contributed by atoms with van der Waals surface area (Å²) in [5.41, 5.74) is 2.18. The van der Waals surface area contributed by atoms with Gasteiger partial charge < -0.3 is 10.6 Å². The number of benzene rings is 2. The summed E-state index contributed by atoms with van der Waals surface area (Å²) >= 11 is 12.5. The van der Waals surface area contributed by atoms with Gasteiger partial charge in [-0.05, 0) is 47.7 Å². The molecule has 2 aromatic rings. The molecule has 156 valence electrons. The lowest BCUT2D eigenvalue weighted by Crippen LogP contribution is -2.62. The Bertz CT molecular complexity index is 1050. The van der Waals surface area contributed by atoms with E-state index in [4.69, 9.17) is 23.2 Å². The Morgan fingerprint density at radius 3 is 2.60 bits per heavy atom. The van der Waals surface area contributed by atoms with Gasteiger partial charge in [0, 0.05) is 28.1 Å². The van der Waals surface area contributed by atoms with Crippen molar-refractivity contribution in [2.24, 2.45) is 5.92 Å². The maximum absolute atomic E-state index is 13.7. The maximum Gasteiger partial charge on any atom is 0.238 e. The molecular weight excluding hydrogens is 419 g/mol. The average Bonchev–Trinajstić information content (AvgIpc) is 2.94. The van der Waals surface area contributed by atoms with Gasteiger partial charge in [-0.1, -0.05) is 67.4 Å². The fourth-order valence-corrected chi connectivity index (χ4v) is 5.38. The van der Waals surface area contributed by atoms with E-state index in [0.29, 0.717) is 28.1 Å². The van der Waals surface area contributed by atoms with Crippen LogP contribution in [0.15, 0.2) is 54.6 Å². The molecule has 1 spiro atoms. The van der Waals surface area contributed by atoms with Crippen molar-refractivity contribution in [1.29, 1.82) is 0 Å². The summed E-state index contributed by atoms with van der Waals surface area (Å²) in [6.45, 7) is 8.49. The molecule has 30 heavy (non-hydrogen) atoms. The Morgan fingerprint density at radius 1 is 1.17 bits per heavy atom. The van der Waals surface area contributed by atoms with E-state index in [2.05, 4.69) is 31.1 Å². The summed E-state index contributed by atoms with van der Waals surface area (Å²) in [6, 6.07) is 12.3. The maximum atomic E-state index is 13.7. The molecule has 2 aliphatic rings. The summed E-state index contributed by atoms with van der Waals surface area (Å²) in [5.74, 6) is -0.302. The van der Waals surface area contributed by atoms with Crippen LogP contribution in [-0.4, -0.2) is 17.9 Å². The van der Waals surface area contributed by atoms with E-state index in [1.165, 1.54) is 0 Å².